The third-order valence-electron chi connectivity index (χ3n) is 6.07. The van der Waals surface area contributed by atoms with Crippen molar-refractivity contribution in [3.05, 3.63) is 70.9 Å². The summed E-state index contributed by atoms with van der Waals surface area (Å²) in [5, 5.41) is 17.5. The van der Waals surface area contributed by atoms with Crippen LogP contribution in [0, 0.1) is 17.2 Å². The molecule has 1 heterocycles. The summed E-state index contributed by atoms with van der Waals surface area (Å²) >= 11 is 6.10. The Morgan fingerprint density at radius 3 is 2.57 bits per heavy atom. The molecule has 0 spiro atoms. The molecule has 4 rings (SSSR count). The van der Waals surface area contributed by atoms with Crippen LogP contribution in [0.2, 0.25) is 5.02 Å². The highest BCUT2D eigenvalue weighted by molar-refractivity contribution is 7.89. The highest BCUT2D eigenvalue weighted by Gasteiger charge is 2.29. The molecular formula is C24H25ClN6O3S. The number of carbonyl (C=O) groups is 1. The smallest absolute Gasteiger partial charge is 0.254 e. The summed E-state index contributed by atoms with van der Waals surface area (Å²) < 4.78 is 29.6. The standard InChI is InChI=1S/C24H25ClN6O3S/c25-21-7-3-1-6-17(21)14-28-35(33,34)19-11-9-18(10-12-19)29-24-20(23(27)32)15-31(30-24)22-8-4-2-5-16(22)13-26/h1,3,6-7,9-12,15-16,22,28H,2,4-5,8,14H2,(H2,27,32)(H,29,30)/t16-,22-/m1/s1. The number of rotatable bonds is 8. The summed E-state index contributed by atoms with van der Waals surface area (Å²) in [4.78, 5) is 12.1. The minimum absolute atomic E-state index is 0.0618. The Morgan fingerprint density at radius 2 is 1.89 bits per heavy atom. The lowest BCUT2D eigenvalue weighted by Gasteiger charge is -2.26. The number of hydrogen-bond acceptors (Lipinski definition) is 6. The second kappa shape index (κ2) is 10.5. The lowest BCUT2D eigenvalue weighted by Crippen LogP contribution is -2.23. The molecular weight excluding hydrogens is 488 g/mol. The third kappa shape index (κ3) is 5.65. The Bertz CT molecular complexity index is 1360. The zero-order chi connectivity index (χ0) is 25.0. The highest BCUT2D eigenvalue weighted by atomic mass is 35.5. The minimum Gasteiger partial charge on any atom is -0.365 e. The van der Waals surface area contributed by atoms with E-state index in [1.54, 1.807) is 47.3 Å². The van der Waals surface area contributed by atoms with Crippen LogP contribution in [0.5, 0.6) is 0 Å². The monoisotopic (exact) mass is 512 g/mol. The van der Waals surface area contributed by atoms with Crippen molar-refractivity contribution in [1.29, 1.82) is 5.26 Å². The van der Waals surface area contributed by atoms with E-state index >= 15 is 0 Å². The number of nitrogens with two attached hydrogens (primary N) is 1. The van der Waals surface area contributed by atoms with Crippen molar-refractivity contribution in [2.24, 2.45) is 11.7 Å². The van der Waals surface area contributed by atoms with E-state index in [0.29, 0.717) is 16.3 Å². The number of hydrogen-bond donors (Lipinski definition) is 3. The van der Waals surface area contributed by atoms with Gasteiger partial charge in [-0.3, -0.25) is 9.48 Å². The number of nitriles is 1. The summed E-state index contributed by atoms with van der Waals surface area (Å²) in [6, 6.07) is 15.3. The number of primary amides is 1. The molecule has 0 aliphatic heterocycles. The molecule has 1 aliphatic rings. The molecule has 11 heteroatoms. The molecule has 1 fully saturated rings. The van der Waals surface area contributed by atoms with E-state index in [1.165, 1.54) is 12.1 Å². The molecule has 182 valence electrons. The summed E-state index contributed by atoms with van der Waals surface area (Å²) in [7, 11) is -3.77. The number of sulfonamides is 1. The van der Waals surface area contributed by atoms with Crippen molar-refractivity contribution in [3.63, 3.8) is 0 Å². The van der Waals surface area contributed by atoms with Gasteiger partial charge in [-0.2, -0.15) is 10.4 Å². The summed E-state index contributed by atoms with van der Waals surface area (Å²) in [5.74, 6) is -0.571. The van der Waals surface area contributed by atoms with E-state index in [2.05, 4.69) is 21.2 Å². The van der Waals surface area contributed by atoms with E-state index < -0.39 is 15.9 Å². The first-order valence-corrected chi connectivity index (χ1v) is 13.0. The van der Waals surface area contributed by atoms with Crippen molar-refractivity contribution in [1.82, 2.24) is 14.5 Å². The molecule has 2 aromatic carbocycles. The second-order valence-electron chi connectivity index (χ2n) is 8.39. The maximum absolute atomic E-state index is 12.7. The SMILES string of the molecule is N#C[C@H]1CCCC[C@H]1n1cc(C(N)=O)c(Nc2ccc(S(=O)(=O)NCc3ccccc3Cl)cc2)n1. The number of benzene rings is 2. The zero-order valence-electron chi connectivity index (χ0n) is 18.8. The number of nitrogens with zero attached hydrogens (tertiary/aromatic N) is 3. The molecule has 1 amide bonds. The Balaban J connectivity index is 1.50. The van der Waals surface area contributed by atoms with Crippen LogP contribution in [0.25, 0.3) is 0 Å². The minimum atomic E-state index is -3.77. The van der Waals surface area contributed by atoms with Gasteiger partial charge in [-0.15, -0.1) is 0 Å². The average Bonchev–Trinajstić information content (AvgIpc) is 3.28. The van der Waals surface area contributed by atoms with Gasteiger partial charge < -0.3 is 11.1 Å². The van der Waals surface area contributed by atoms with Gasteiger partial charge in [0.15, 0.2) is 5.82 Å². The molecule has 1 aromatic heterocycles. The van der Waals surface area contributed by atoms with E-state index in [9.17, 15) is 18.5 Å². The lowest BCUT2D eigenvalue weighted by molar-refractivity contribution is 0.100. The summed E-state index contributed by atoms with van der Waals surface area (Å²) in [5.41, 5.74) is 6.96. The van der Waals surface area contributed by atoms with E-state index in [-0.39, 0.29) is 34.8 Å². The van der Waals surface area contributed by atoms with Gasteiger partial charge in [-0.1, -0.05) is 42.6 Å². The molecule has 1 aliphatic carbocycles. The molecule has 0 bridgehead atoms. The predicted molar refractivity (Wildman–Crippen MR) is 133 cm³/mol. The lowest BCUT2D eigenvalue weighted by atomic mass is 9.85. The fraction of sp³-hybridized carbons (Fsp3) is 0.292. The Labute approximate surface area is 208 Å². The van der Waals surface area contributed by atoms with Gasteiger partial charge in [0.25, 0.3) is 5.91 Å². The first kappa shape index (κ1) is 24.7. The zero-order valence-corrected chi connectivity index (χ0v) is 20.4. The fourth-order valence-electron chi connectivity index (χ4n) is 4.16. The molecule has 2 atom stereocenters. The van der Waals surface area contributed by atoms with Crippen molar-refractivity contribution < 1.29 is 13.2 Å². The van der Waals surface area contributed by atoms with Crippen LogP contribution in [-0.4, -0.2) is 24.1 Å². The second-order valence-corrected chi connectivity index (χ2v) is 10.6. The largest absolute Gasteiger partial charge is 0.365 e. The number of aromatic nitrogens is 2. The van der Waals surface area contributed by atoms with Crippen molar-refractivity contribution >= 4 is 39.0 Å². The first-order chi connectivity index (χ1) is 16.8. The molecule has 1 saturated carbocycles. The highest BCUT2D eigenvalue weighted by Crippen LogP contribution is 2.34. The van der Waals surface area contributed by atoms with Gasteiger partial charge in [0.05, 0.1) is 22.9 Å². The van der Waals surface area contributed by atoms with Crippen molar-refractivity contribution in [2.45, 2.75) is 43.2 Å². The maximum Gasteiger partial charge on any atom is 0.254 e. The van der Waals surface area contributed by atoms with Crippen LogP contribution in [0.1, 0.15) is 47.6 Å². The first-order valence-electron chi connectivity index (χ1n) is 11.2. The van der Waals surface area contributed by atoms with Crippen LogP contribution in [0.15, 0.2) is 59.6 Å². The molecule has 0 saturated heterocycles. The Morgan fingerprint density at radius 1 is 1.17 bits per heavy atom. The number of nitrogens with one attached hydrogen (secondary N) is 2. The third-order valence-corrected chi connectivity index (χ3v) is 7.86. The Kier molecular flexibility index (Phi) is 7.40. The van der Waals surface area contributed by atoms with Crippen molar-refractivity contribution in [3.8, 4) is 6.07 Å². The molecule has 3 aromatic rings. The number of carbonyl (C=O) groups excluding carboxylic acids is 1. The van der Waals surface area contributed by atoms with Gasteiger partial charge in [-0.25, -0.2) is 13.1 Å². The van der Waals surface area contributed by atoms with Crippen LogP contribution in [0.4, 0.5) is 11.5 Å². The van der Waals surface area contributed by atoms with Crippen molar-refractivity contribution in [2.75, 3.05) is 5.32 Å². The molecule has 4 N–H and O–H groups in total. The Hall–Kier alpha value is -3.39. The quantitative estimate of drug-likeness (QED) is 0.414. The molecule has 0 unspecified atom stereocenters. The van der Waals surface area contributed by atoms with Gasteiger partial charge in [0.2, 0.25) is 10.0 Å². The van der Waals surface area contributed by atoms with E-state index in [4.69, 9.17) is 17.3 Å². The van der Waals surface area contributed by atoms with Gasteiger partial charge in [0.1, 0.15) is 5.56 Å². The number of anilines is 2. The van der Waals surface area contributed by atoms with E-state index in [0.717, 1.165) is 25.7 Å². The van der Waals surface area contributed by atoms with Crippen LogP contribution in [0.3, 0.4) is 0 Å². The topological polar surface area (TPSA) is 143 Å². The number of halogens is 1. The van der Waals surface area contributed by atoms with Crippen LogP contribution in [-0.2, 0) is 16.6 Å². The average molecular weight is 513 g/mol. The van der Waals surface area contributed by atoms with Crippen LogP contribution >= 0.6 is 11.6 Å². The van der Waals surface area contributed by atoms with Gasteiger partial charge in [0, 0.05) is 23.5 Å². The number of amides is 1. The van der Waals surface area contributed by atoms with E-state index in [1.807, 2.05) is 0 Å². The summed E-state index contributed by atoms with van der Waals surface area (Å²) in [6.45, 7) is 0.0618. The maximum atomic E-state index is 12.7. The van der Waals surface area contributed by atoms with Gasteiger partial charge in [-0.05, 0) is 48.7 Å². The molecule has 9 nitrogen and oxygen atoms in total. The van der Waals surface area contributed by atoms with Gasteiger partial charge >= 0.3 is 0 Å². The normalized spacial score (nSPS) is 18.1. The van der Waals surface area contributed by atoms with Crippen LogP contribution < -0.4 is 15.8 Å². The predicted octanol–water partition coefficient (Wildman–Crippen LogP) is 4.11. The molecule has 35 heavy (non-hydrogen) atoms. The summed E-state index contributed by atoms with van der Waals surface area (Å²) in [6.07, 6.45) is 5.13. The fourth-order valence-corrected chi connectivity index (χ4v) is 5.37. The molecule has 0 radical (unpaired) electrons.